The molecule has 4 saturated heterocycles. The first-order valence-corrected chi connectivity index (χ1v) is 46.7. The molecule has 4 aliphatic rings. The van der Waals surface area contributed by atoms with Crippen LogP contribution < -0.4 is 67.2 Å². The number of carboxylic acid groups (broad SMARTS) is 2. The maximum Gasteiger partial charge on any atom is 1.00 e. The number of aliphatic carboxylic acids is 1. The topological polar surface area (TPSA) is 470 Å². The first-order valence-electron chi connectivity index (χ1n) is 45.8. The van der Waals surface area contributed by atoms with Gasteiger partial charge in [-0.25, -0.2) is 44.7 Å². The zero-order valence-corrected chi connectivity index (χ0v) is 84.3. The van der Waals surface area contributed by atoms with E-state index in [1.165, 1.54) is 12.1 Å². The second-order valence-electron chi connectivity index (χ2n) is 31.3. The first-order chi connectivity index (χ1) is 68.3. The molecule has 0 saturated carbocycles. The van der Waals surface area contributed by atoms with Gasteiger partial charge in [-0.3, -0.25) is 53.2 Å². The van der Waals surface area contributed by atoms with Gasteiger partial charge in [0, 0.05) is 219 Å². The molecule has 4 aliphatic heterocycles. The summed E-state index contributed by atoms with van der Waals surface area (Å²) >= 11 is 23.8. The molecule has 0 unspecified atom stereocenters. The third kappa shape index (κ3) is 38.1. The van der Waals surface area contributed by atoms with Crippen LogP contribution >= 0.6 is 46.4 Å². The SMILES string of the molecule is CCN.CCNC(=O)CN1CCN(C(=O)c2ccc(Nc3nccc(-c4ccc(Cl)cc4)n3)cc2)CC1.CCOC(=O)CN1CCN(C(=O)c2ccc(Nc3nccc(-c4ccc(Cl)cc4)n3)cc2)CC1.CCOC(=O)CN1CCNCC1.O=C(O)CN1CCN(C(=O)c2ccc(Nc3nccc(-c4ccc(Cl)cc4)n3)cc2)CC1.O=C(O)c1ccc(Nc2nccc(-c3ccc(Cl)cc3)n2)cc1.[3H][B]O.[Na+].[OH-]. The zero-order chi connectivity index (χ0) is 101. The zero-order valence-electron chi connectivity index (χ0n) is 80.3. The Balaban J connectivity index is 0.000000220. The molecule has 0 aliphatic carbocycles. The minimum atomic E-state index is -0.961. The number of nitrogens with two attached hydrogens (primary N) is 1. The number of ether oxygens (including phenoxy) is 2. The van der Waals surface area contributed by atoms with Crippen molar-refractivity contribution in [2.24, 2.45) is 5.73 Å². The number of rotatable bonds is 27. The van der Waals surface area contributed by atoms with Gasteiger partial charge in [-0.2, -0.15) is 0 Å². The molecule has 739 valence electrons. The van der Waals surface area contributed by atoms with E-state index in [1.54, 1.807) is 97.3 Å². The molecular formula is C100H113BCl4N22NaO14. The second kappa shape index (κ2) is 60.9. The number of nitrogens with one attached hydrogen (secondary N) is 6. The van der Waals surface area contributed by atoms with Crippen molar-refractivity contribution in [2.45, 2.75) is 27.7 Å². The summed E-state index contributed by atoms with van der Waals surface area (Å²) in [6.07, 6.45) is 6.73. The number of nitrogens with zero attached hydrogens (tertiary/aromatic N) is 15. The van der Waals surface area contributed by atoms with E-state index >= 15 is 0 Å². The summed E-state index contributed by atoms with van der Waals surface area (Å²) in [7, 11) is 0.250. The van der Waals surface area contributed by atoms with Crippen LogP contribution in [0.4, 0.5) is 46.5 Å². The van der Waals surface area contributed by atoms with Crippen molar-refractivity contribution in [3.05, 3.63) is 286 Å². The number of amides is 4. The molecule has 142 heavy (non-hydrogen) atoms. The second-order valence-corrected chi connectivity index (χ2v) is 33.0. The van der Waals surface area contributed by atoms with Crippen molar-refractivity contribution in [1.82, 2.24) is 84.8 Å². The van der Waals surface area contributed by atoms with E-state index < -0.39 is 11.9 Å². The molecule has 16 rings (SSSR count). The van der Waals surface area contributed by atoms with Crippen LogP contribution in [0.3, 0.4) is 0 Å². The molecule has 12 aromatic rings. The number of anilines is 8. The summed E-state index contributed by atoms with van der Waals surface area (Å²) in [6.45, 7) is 21.7. The molecule has 42 heteroatoms. The van der Waals surface area contributed by atoms with Crippen LogP contribution in [0.5, 0.6) is 0 Å². The normalized spacial score (nSPS) is 13.4. The van der Waals surface area contributed by atoms with E-state index in [0.717, 1.165) is 94.8 Å². The van der Waals surface area contributed by atoms with Crippen LogP contribution in [-0.2, 0) is 28.7 Å². The van der Waals surface area contributed by atoms with E-state index in [0.29, 0.717) is 178 Å². The number of halogens is 4. The molecule has 4 amide bonds. The van der Waals surface area contributed by atoms with Crippen molar-refractivity contribution < 1.29 is 98.1 Å². The van der Waals surface area contributed by atoms with Crippen molar-refractivity contribution in [3.63, 3.8) is 0 Å². The van der Waals surface area contributed by atoms with Gasteiger partial charge in [0.1, 0.15) is 0 Å². The maximum absolute atomic E-state index is 12.9. The van der Waals surface area contributed by atoms with E-state index in [-0.39, 0.29) is 97.3 Å². The molecular weight excluding hydrogens is 1910 g/mol. The minimum absolute atomic E-state index is 0. The molecule has 8 heterocycles. The number of aromatic nitrogens is 8. The molecule has 4 fully saturated rings. The number of benzene rings is 8. The Hall–Kier alpha value is -13.1. The maximum atomic E-state index is 12.9. The smallest absolute Gasteiger partial charge is 0.870 e. The van der Waals surface area contributed by atoms with E-state index in [9.17, 15) is 38.4 Å². The van der Waals surface area contributed by atoms with Crippen LogP contribution in [0, 0.1) is 0 Å². The van der Waals surface area contributed by atoms with Gasteiger partial charge in [0.2, 0.25) is 29.7 Å². The number of likely N-dealkylation sites (N-methyl/N-ethyl adjacent to an activating group) is 1. The van der Waals surface area contributed by atoms with Crippen LogP contribution in [0.1, 0.15) is 69.1 Å². The first kappa shape index (κ1) is 113. The van der Waals surface area contributed by atoms with Crippen molar-refractivity contribution >= 4 is 148 Å². The van der Waals surface area contributed by atoms with Crippen LogP contribution in [-0.4, -0.2) is 309 Å². The Bertz CT molecular complexity index is 5800. The van der Waals surface area contributed by atoms with Crippen molar-refractivity contribution in [2.75, 3.05) is 178 Å². The number of hydrogen-bond acceptors (Lipinski definition) is 30. The number of aromatic carboxylic acids is 1. The minimum Gasteiger partial charge on any atom is -0.870 e. The molecule has 1 radical (unpaired) electrons. The fourth-order valence-electron chi connectivity index (χ4n) is 14.3. The van der Waals surface area contributed by atoms with Gasteiger partial charge < -0.3 is 82.5 Å². The molecule has 0 spiro atoms. The molecule has 0 bridgehead atoms. The van der Waals surface area contributed by atoms with Crippen molar-refractivity contribution in [1.29, 1.82) is 1.34 Å². The number of carboxylic acids is 2. The monoisotopic (exact) mass is 2020 g/mol. The van der Waals surface area contributed by atoms with E-state index in [1.807, 2.05) is 186 Å². The molecule has 0 atom stereocenters. The van der Waals surface area contributed by atoms with Crippen molar-refractivity contribution in [3.8, 4) is 45.0 Å². The Kier molecular flexibility index (Phi) is 48.3. The van der Waals surface area contributed by atoms with Crippen LogP contribution in [0.2, 0.25) is 20.1 Å². The Morgan fingerprint density at radius 2 is 0.627 bits per heavy atom. The van der Waals surface area contributed by atoms with Gasteiger partial charge >= 0.3 is 53.4 Å². The fourth-order valence-corrected chi connectivity index (χ4v) is 14.8. The molecule has 12 N–H and O–H groups in total. The number of carbonyl (C=O) groups excluding carboxylic acids is 6. The van der Waals surface area contributed by atoms with Gasteiger partial charge in [0.15, 0.2) is 0 Å². The molecule has 8 aromatic carbocycles. The summed E-state index contributed by atoms with van der Waals surface area (Å²) in [4.78, 5) is 143. The quantitative estimate of drug-likeness (QED) is 0.0169. The van der Waals surface area contributed by atoms with Crippen LogP contribution in [0.25, 0.3) is 45.0 Å². The largest absolute Gasteiger partial charge is 1.00 e. The average molecular weight is 2020 g/mol. The summed E-state index contributed by atoms with van der Waals surface area (Å²) in [6, 6.07) is 65.1. The van der Waals surface area contributed by atoms with Crippen LogP contribution in [0.15, 0.2) is 243 Å². The molecule has 36 nitrogen and oxygen atoms in total. The summed E-state index contributed by atoms with van der Waals surface area (Å²) in [5.41, 5.74) is 16.8. The van der Waals surface area contributed by atoms with Gasteiger partial charge in [0.25, 0.3) is 25.7 Å². The van der Waals surface area contributed by atoms with E-state index in [4.69, 9.17) is 78.2 Å². The number of piperazine rings is 4. The molecule has 4 aromatic heterocycles. The van der Waals surface area contributed by atoms with E-state index in [2.05, 4.69) is 81.6 Å². The third-order valence-corrected chi connectivity index (χ3v) is 22.3. The number of hydrogen-bond donors (Lipinski definition) is 10. The average Bonchev–Trinajstić information content (AvgIpc) is 0.838. The summed E-state index contributed by atoms with van der Waals surface area (Å²) in [5.74, 6) is -0.416. The van der Waals surface area contributed by atoms with Gasteiger partial charge in [-0.1, -0.05) is 102 Å². The summed E-state index contributed by atoms with van der Waals surface area (Å²) in [5, 5.41) is 46.2. The predicted octanol–water partition coefficient (Wildman–Crippen LogP) is 9.96. The fraction of sp³-hybridized carbons (Fsp3) is 0.280. The Morgan fingerprint density at radius 1 is 0.380 bits per heavy atom. The number of carbonyl (C=O) groups is 8. The van der Waals surface area contributed by atoms with Gasteiger partial charge in [-0.15, -0.1) is 0 Å². The van der Waals surface area contributed by atoms with Gasteiger partial charge in [-0.05, 0) is 197 Å². The third-order valence-electron chi connectivity index (χ3n) is 21.3. The Morgan fingerprint density at radius 3 is 0.873 bits per heavy atom. The predicted molar refractivity (Wildman–Crippen MR) is 548 cm³/mol. The van der Waals surface area contributed by atoms with Gasteiger partial charge in [0.05, 0.1) is 67.7 Å². The Labute approximate surface area is 868 Å². The summed E-state index contributed by atoms with van der Waals surface area (Å²) < 4.78 is 15.5. The number of esters is 2. The standard InChI is InChI=1S/C25H27ClN6O2.C25H26ClN5O3.C23H22ClN5O3.C17H12ClN3O2.C8H16N2O2.C2H7N.BH2O.Na.H2O/c1-2-27-23(33)17-31-13-15-32(16-14-31)24(34)19-5-9-21(10-6-19)29-25-28-12-11-22(30-25)18-3-7-20(26)8-4-18;1-2-34-23(32)17-30-13-15-31(16-14-30)24(33)19-5-9-21(10-6-19)28-25-27-12-11-22(29-25)18-3-7-20(26)8-4-18;24-18-5-1-16(2-6-18)20-9-10-25-23(27-20)26-19-7-3-17(4-8-19)22(32)29-13-11-28(12-14-29)15-21(30)31;18-13-5-1-11(2-6-13)15-9-10-19-17(21-15)20-14-7-3-12(4-8-14)16(22)23;1-2-12-8(11)7-10-5-3-9-4-6-10;1-2-3;1-2;;/h3-12H,2,13-17H2,1H3,(H,27,33)(H,28,29,30);3-12H,2,13-17H2,1H3,(H,27,28,29);1-10H,11-15H2,(H,30,31)(H,25,26,27);1-10H,(H,22,23)(H,19,20,21);9H,2-7H2,1H3;2-3H2,1H3;1-2H;;1H2/q;;;;;;;+1;/p-1/i;;;;;;1T;;.